The fourth-order valence-corrected chi connectivity index (χ4v) is 7.42. The molecule has 11 atom stereocenters. The number of piperidine rings is 1. The van der Waals surface area contributed by atoms with Gasteiger partial charge >= 0.3 is 5.97 Å². The molecule has 1 aromatic heterocycles. The van der Waals surface area contributed by atoms with E-state index in [0.717, 1.165) is 11.1 Å². The molecule has 4 bridgehead atoms. The van der Waals surface area contributed by atoms with E-state index in [2.05, 4.69) is 17.5 Å². The second-order valence-electron chi connectivity index (χ2n) is 10.7. The molecule has 1 aliphatic carbocycles. The zero-order valence-corrected chi connectivity index (χ0v) is 22.3. The number of cyclic esters (lactones) is 1. The maximum absolute atomic E-state index is 13.1. The Labute approximate surface area is 216 Å². The van der Waals surface area contributed by atoms with Crippen LogP contribution in [0.3, 0.4) is 0 Å². The molecule has 198 valence electrons. The topological polar surface area (TPSA) is 97.7 Å². The van der Waals surface area contributed by atoms with Crippen LogP contribution >= 0.6 is 11.3 Å². The highest BCUT2D eigenvalue weighted by Crippen LogP contribution is 2.57. The van der Waals surface area contributed by atoms with Crippen LogP contribution < -0.4 is 0 Å². The Morgan fingerprint density at radius 3 is 2.78 bits per heavy atom. The first-order chi connectivity index (χ1) is 17.2. The highest BCUT2D eigenvalue weighted by molar-refractivity contribution is 7.07. The Hall–Kier alpha value is -1.59. The van der Waals surface area contributed by atoms with Crippen LogP contribution in [0, 0.1) is 17.8 Å². The Morgan fingerprint density at radius 2 is 2.11 bits per heavy atom. The van der Waals surface area contributed by atoms with Crippen molar-refractivity contribution in [1.82, 2.24) is 5.06 Å². The quantitative estimate of drug-likeness (QED) is 0.452. The van der Waals surface area contributed by atoms with E-state index in [4.69, 9.17) is 18.9 Å². The van der Waals surface area contributed by atoms with Crippen LogP contribution in [-0.4, -0.2) is 76.7 Å². The van der Waals surface area contributed by atoms with Crippen LogP contribution in [0.25, 0.3) is 0 Å². The highest BCUT2D eigenvalue weighted by Gasteiger charge is 2.68. The van der Waals surface area contributed by atoms with Crippen molar-refractivity contribution in [3.63, 3.8) is 0 Å². The van der Waals surface area contributed by atoms with Gasteiger partial charge in [-0.2, -0.15) is 16.4 Å². The number of ether oxygens (including phenoxy) is 4. The lowest BCUT2D eigenvalue weighted by molar-refractivity contribution is -0.222. The van der Waals surface area contributed by atoms with E-state index in [1.165, 1.54) is 12.2 Å². The van der Waals surface area contributed by atoms with Crippen molar-refractivity contribution in [3.05, 3.63) is 46.2 Å². The lowest BCUT2D eigenvalue weighted by Gasteiger charge is -2.50. The van der Waals surface area contributed by atoms with Gasteiger partial charge in [0, 0.05) is 24.9 Å². The van der Waals surface area contributed by atoms with Crippen molar-refractivity contribution in [1.29, 1.82) is 0 Å². The fraction of sp³-hybridized carbons (Fsp3) is 0.667. The summed E-state index contributed by atoms with van der Waals surface area (Å²) in [6.45, 7) is 7.98. The van der Waals surface area contributed by atoms with E-state index in [-0.39, 0.29) is 42.0 Å². The van der Waals surface area contributed by atoms with Gasteiger partial charge in [-0.3, -0.25) is 0 Å². The van der Waals surface area contributed by atoms with Crippen LogP contribution in [0.5, 0.6) is 0 Å². The van der Waals surface area contributed by atoms with Gasteiger partial charge in [-0.1, -0.05) is 25.2 Å². The minimum absolute atomic E-state index is 0.0722. The Balaban J connectivity index is 1.56. The van der Waals surface area contributed by atoms with Gasteiger partial charge in [0.15, 0.2) is 6.10 Å². The summed E-state index contributed by atoms with van der Waals surface area (Å²) in [5, 5.41) is 27.5. The summed E-state index contributed by atoms with van der Waals surface area (Å²) in [6, 6.07) is 1.42. The van der Waals surface area contributed by atoms with Gasteiger partial charge in [0.2, 0.25) is 0 Å². The molecule has 3 aliphatic heterocycles. The Bertz CT molecular complexity index is 1010. The van der Waals surface area contributed by atoms with E-state index in [1.54, 1.807) is 18.3 Å². The number of hydroxylamine groups is 2. The van der Waals surface area contributed by atoms with E-state index < -0.39 is 29.9 Å². The Kier molecular flexibility index (Phi) is 7.19. The first-order valence-electron chi connectivity index (χ1n) is 12.7. The number of carbonyl (C=O) groups is 1. The van der Waals surface area contributed by atoms with E-state index in [0.29, 0.717) is 13.0 Å². The van der Waals surface area contributed by atoms with Crippen LogP contribution in [0.4, 0.5) is 0 Å². The molecule has 0 radical (unpaired) electrons. The maximum Gasteiger partial charge on any atom is 0.335 e. The zero-order valence-electron chi connectivity index (χ0n) is 21.4. The van der Waals surface area contributed by atoms with Gasteiger partial charge in [0.05, 0.1) is 30.9 Å². The standard InChI is InChI=1S/C27H37NO7S/c1-14-10-15(2)27-19(11-21(32-5)26(30)34-22(14)17(4)29)6-7-20-24(35-27)23(16(3)28(31)25(20)27)33-12-18-8-9-36-13-18/h6-10,13-14,16-17,19-25,29,31H,11-12H2,1-5H3/b15-10+/t14-,16+,17-,19-,20+,21+,22+,23-,24-,25-,27+/m1/s1. The van der Waals surface area contributed by atoms with Crippen molar-refractivity contribution in [2.45, 2.75) is 88.9 Å². The second kappa shape index (κ2) is 9.94. The molecule has 5 rings (SSSR count). The molecule has 9 heteroatoms. The van der Waals surface area contributed by atoms with Crippen molar-refractivity contribution in [2.24, 2.45) is 17.8 Å². The molecule has 4 heterocycles. The predicted octanol–water partition coefficient (Wildman–Crippen LogP) is 3.33. The minimum atomic E-state index is -0.876. The maximum atomic E-state index is 13.1. The molecule has 2 N–H and O–H groups in total. The molecular formula is C27H37NO7S. The lowest BCUT2D eigenvalue weighted by Crippen LogP contribution is -2.64. The van der Waals surface area contributed by atoms with E-state index in [9.17, 15) is 15.1 Å². The number of thiophene rings is 1. The third-order valence-corrected chi connectivity index (χ3v) is 9.28. The normalized spacial score (nSPS) is 44.9. The number of hydrogen-bond donors (Lipinski definition) is 2. The average Bonchev–Trinajstić information content (AvgIpc) is 3.42. The van der Waals surface area contributed by atoms with Gasteiger partial charge in [-0.05, 0) is 55.2 Å². The smallest absolute Gasteiger partial charge is 0.335 e. The SMILES string of the molecule is CO[C@H]1C[C@H]2C=C[C@H]3[C@H]4O[C@]2(/C(C)=C/[C@@H](C)[C@@H]([C@@H](C)O)OC1=O)[C@@H]3N(O)[C@@H](C)[C@H]4OCc1ccsc1. The molecule has 8 nitrogen and oxygen atoms in total. The molecule has 0 aromatic carbocycles. The third kappa shape index (κ3) is 4.09. The summed E-state index contributed by atoms with van der Waals surface area (Å²) in [5.41, 5.74) is 1.17. The summed E-state index contributed by atoms with van der Waals surface area (Å²) < 4.78 is 24.7. The van der Waals surface area contributed by atoms with Crippen LogP contribution in [0.15, 0.2) is 40.6 Å². The highest BCUT2D eigenvalue weighted by atomic mass is 32.1. The first-order valence-corrected chi connectivity index (χ1v) is 13.7. The summed E-state index contributed by atoms with van der Waals surface area (Å²) in [7, 11) is 1.49. The van der Waals surface area contributed by atoms with Crippen molar-refractivity contribution >= 4 is 17.3 Å². The number of nitrogens with zero attached hydrogens (tertiary/aromatic N) is 1. The predicted molar refractivity (Wildman–Crippen MR) is 133 cm³/mol. The number of esters is 1. The molecule has 0 unspecified atom stereocenters. The monoisotopic (exact) mass is 519 g/mol. The molecular weight excluding hydrogens is 482 g/mol. The van der Waals surface area contributed by atoms with E-state index in [1.807, 2.05) is 38.3 Å². The number of aliphatic hydroxyl groups excluding tert-OH is 1. The number of hydrogen-bond acceptors (Lipinski definition) is 9. The molecule has 2 saturated heterocycles. The molecule has 1 aromatic rings. The summed E-state index contributed by atoms with van der Waals surface area (Å²) in [5.74, 6) is -1.08. The van der Waals surface area contributed by atoms with Crippen molar-refractivity contribution in [2.75, 3.05) is 7.11 Å². The molecule has 4 aliphatic rings. The van der Waals surface area contributed by atoms with Crippen molar-refractivity contribution in [3.8, 4) is 0 Å². The molecule has 0 saturated carbocycles. The molecule has 36 heavy (non-hydrogen) atoms. The Morgan fingerprint density at radius 1 is 1.33 bits per heavy atom. The average molecular weight is 520 g/mol. The van der Waals surface area contributed by atoms with Crippen LogP contribution in [0.1, 0.15) is 39.7 Å². The van der Waals surface area contributed by atoms with Gasteiger partial charge in [-0.15, -0.1) is 0 Å². The zero-order chi connectivity index (χ0) is 25.8. The largest absolute Gasteiger partial charge is 0.457 e. The number of methoxy groups -OCH3 is 1. The number of carbonyl (C=O) groups excluding carboxylic acids is 1. The van der Waals surface area contributed by atoms with Gasteiger partial charge in [0.1, 0.15) is 17.8 Å². The minimum Gasteiger partial charge on any atom is -0.457 e. The molecule has 0 amide bonds. The summed E-state index contributed by atoms with van der Waals surface area (Å²) in [6.07, 6.45) is 3.58. The van der Waals surface area contributed by atoms with Gasteiger partial charge in [-0.25, -0.2) is 4.79 Å². The lowest BCUT2D eigenvalue weighted by atomic mass is 9.65. The van der Waals surface area contributed by atoms with Gasteiger partial charge < -0.3 is 29.3 Å². The summed E-state index contributed by atoms with van der Waals surface area (Å²) >= 11 is 1.63. The van der Waals surface area contributed by atoms with Gasteiger partial charge in [0.25, 0.3) is 0 Å². The second-order valence-corrected chi connectivity index (χ2v) is 11.5. The van der Waals surface area contributed by atoms with Crippen LogP contribution in [-0.2, 0) is 30.3 Å². The number of rotatable bonds is 5. The van der Waals surface area contributed by atoms with Crippen molar-refractivity contribution < 1.29 is 34.1 Å². The fourth-order valence-electron chi connectivity index (χ4n) is 6.77. The first kappa shape index (κ1) is 26.0. The molecule has 2 fully saturated rings. The van der Waals surface area contributed by atoms with Crippen LogP contribution in [0.2, 0.25) is 0 Å². The summed E-state index contributed by atoms with van der Waals surface area (Å²) in [4.78, 5) is 13.1. The third-order valence-electron chi connectivity index (χ3n) is 8.55. The van der Waals surface area contributed by atoms with E-state index >= 15 is 0 Å². The number of aliphatic hydroxyl groups is 1. The molecule has 1 spiro atoms.